The van der Waals surface area contributed by atoms with Gasteiger partial charge < -0.3 is 4.42 Å². The van der Waals surface area contributed by atoms with Crippen molar-refractivity contribution < 1.29 is 4.42 Å². The minimum atomic E-state index is -0.137. The van der Waals surface area contributed by atoms with Crippen LogP contribution in [0.2, 0.25) is 0 Å². The van der Waals surface area contributed by atoms with Gasteiger partial charge in [-0.05, 0) is 79.9 Å². The Morgan fingerprint density at radius 1 is 0.362 bits per heavy atom. The molecule has 0 amide bonds. The van der Waals surface area contributed by atoms with Gasteiger partial charge in [-0.1, -0.05) is 178 Å². The lowest BCUT2D eigenvalue weighted by Gasteiger charge is -2.24. The van der Waals surface area contributed by atoms with Gasteiger partial charge in [-0.3, -0.25) is 0 Å². The Balaban J connectivity index is 1.01. The second-order valence-electron chi connectivity index (χ2n) is 15.6. The molecule has 0 atom stereocenters. The molecule has 4 nitrogen and oxygen atoms in total. The molecule has 4 heteroatoms. The topological polar surface area (TPSA) is 51.8 Å². The van der Waals surface area contributed by atoms with Crippen molar-refractivity contribution in [1.82, 2.24) is 15.0 Å². The molecular weight excluding hydrogens is 707 g/mol. The molecule has 0 bridgehead atoms. The Bertz CT molecular complexity index is 3180. The SMILES string of the molecule is CC1(C)c2ccccc2-c2cccc(-c3cccc(-c4nc(-c5ccccc5)nc(-c5ccc6c(c5)oc5cccc(-c7ccc(-c8ccccc8)cc7)c56)n4)c3)c21. The molecule has 8 aromatic carbocycles. The highest BCUT2D eigenvalue weighted by Crippen LogP contribution is 2.52. The normalized spacial score (nSPS) is 12.8. The van der Waals surface area contributed by atoms with E-state index in [1.54, 1.807) is 0 Å². The number of hydrogen-bond donors (Lipinski definition) is 0. The maximum absolute atomic E-state index is 6.57. The van der Waals surface area contributed by atoms with Gasteiger partial charge >= 0.3 is 0 Å². The third-order valence-electron chi connectivity index (χ3n) is 11.7. The molecular formula is C54H37N3O. The van der Waals surface area contributed by atoms with Crippen LogP contribution in [-0.2, 0) is 5.41 Å². The Hall–Kier alpha value is -7.43. The quantitative estimate of drug-likeness (QED) is 0.170. The second kappa shape index (κ2) is 13.4. The van der Waals surface area contributed by atoms with Crippen LogP contribution in [-0.4, -0.2) is 15.0 Å². The maximum atomic E-state index is 6.57. The van der Waals surface area contributed by atoms with E-state index < -0.39 is 0 Å². The molecule has 0 aliphatic heterocycles. The highest BCUT2D eigenvalue weighted by atomic mass is 16.3. The number of hydrogen-bond acceptors (Lipinski definition) is 4. The summed E-state index contributed by atoms with van der Waals surface area (Å²) in [5.74, 6) is 1.83. The number of fused-ring (bicyclic) bond motifs is 6. The van der Waals surface area contributed by atoms with Crippen LogP contribution in [0.4, 0.5) is 0 Å². The Kier molecular flexibility index (Phi) is 7.80. The summed E-state index contributed by atoms with van der Waals surface area (Å²) in [4.78, 5) is 15.3. The first-order valence-corrected chi connectivity index (χ1v) is 19.8. The van der Waals surface area contributed by atoms with Gasteiger partial charge in [-0.25, -0.2) is 15.0 Å². The molecule has 0 fully saturated rings. The Morgan fingerprint density at radius 3 is 1.66 bits per heavy atom. The lowest BCUT2D eigenvalue weighted by atomic mass is 9.79. The lowest BCUT2D eigenvalue weighted by molar-refractivity contribution is 0.662. The van der Waals surface area contributed by atoms with Crippen LogP contribution < -0.4 is 0 Å². The van der Waals surface area contributed by atoms with E-state index >= 15 is 0 Å². The third kappa shape index (κ3) is 5.56. The zero-order chi connectivity index (χ0) is 38.8. The first kappa shape index (κ1) is 33.9. The molecule has 2 heterocycles. The summed E-state index contributed by atoms with van der Waals surface area (Å²) in [5, 5.41) is 2.14. The van der Waals surface area contributed by atoms with Gasteiger partial charge in [0.2, 0.25) is 0 Å². The molecule has 11 rings (SSSR count). The van der Waals surface area contributed by atoms with Crippen molar-refractivity contribution in [2.75, 3.05) is 0 Å². The molecule has 0 saturated carbocycles. The van der Waals surface area contributed by atoms with Gasteiger partial charge in [0.05, 0.1) is 0 Å². The summed E-state index contributed by atoms with van der Waals surface area (Å²) in [5.41, 5.74) is 16.5. The summed E-state index contributed by atoms with van der Waals surface area (Å²) >= 11 is 0. The van der Waals surface area contributed by atoms with E-state index in [0.717, 1.165) is 55.3 Å². The van der Waals surface area contributed by atoms with Crippen molar-refractivity contribution in [3.63, 3.8) is 0 Å². The predicted molar refractivity (Wildman–Crippen MR) is 237 cm³/mol. The molecule has 1 aliphatic rings. The van der Waals surface area contributed by atoms with Crippen LogP contribution in [0.5, 0.6) is 0 Å². The average Bonchev–Trinajstić information content (AvgIpc) is 3.78. The van der Waals surface area contributed by atoms with E-state index in [1.807, 2.05) is 42.5 Å². The zero-order valence-electron chi connectivity index (χ0n) is 32.1. The molecule has 0 radical (unpaired) electrons. The van der Waals surface area contributed by atoms with E-state index in [4.69, 9.17) is 19.4 Å². The fourth-order valence-electron chi connectivity index (χ4n) is 8.94. The van der Waals surface area contributed by atoms with Crippen molar-refractivity contribution in [3.8, 4) is 78.7 Å². The van der Waals surface area contributed by atoms with E-state index in [0.29, 0.717) is 17.5 Å². The first-order chi connectivity index (χ1) is 28.5. The number of rotatable bonds is 6. The second-order valence-corrected chi connectivity index (χ2v) is 15.6. The smallest absolute Gasteiger partial charge is 0.164 e. The summed E-state index contributed by atoms with van der Waals surface area (Å²) in [6.07, 6.45) is 0. The largest absolute Gasteiger partial charge is 0.456 e. The van der Waals surface area contributed by atoms with E-state index in [-0.39, 0.29) is 5.41 Å². The predicted octanol–water partition coefficient (Wildman–Crippen LogP) is 14.1. The minimum absolute atomic E-state index is 0.137. The van der Waals surface area contributed by atoms with Gasteiger partial charge in [0, 0.05) is 32.9 Å². The molecule has 274 valence electrons. The van der Waals surface area contributed by atoms with Crippen molar-refractivity contribution >= 4 is 21.9 Å². The monoisotopic (exact) mass is 743 g/mol. The third-order valence-corrected chi connectivity index (χ3v) is 11.7. The fourth-order valence-corrected chi connectivity index (χ4v) is 8.94. The van der Waals surface area contributed by atoms with Crippen LogP contribution in [0.3, 0.4) is 0 Å². The van der Waals surface area contributed by atoms with E-state index in [1.165, 1.54) is 38.9 Å². The summed E-state index contributed by atoms with van der Waals surface area (Å²) in [7, 11) is 0. The number of nitrogens with zero attached hydrogens (tertiary/aromatic N) is 3. The average molecular weight is 744 g/mol. The van der Waals surface area contributed by atoms with Gasteiger partial charge in [-0.2, -0.15) is 0 Å². The van der Waals surface area contributed by atoms with Crippen LogP contribution in [0.1, 0.15) is 25.0 Å². The van der Waals surface area contributed by atoms with Crippen LogP contribution in [0.25, 0.3) is 101 Å². The van der Waals surface area contributed by atoms with Crippen LogP contribution in [0.15, 0.2) is 192 Å². The molecule has 0 saturated heterocycles. The zero-order valence-corrected chi connectivity index (χ0v) is 32.1. The molecule has 0 spiro atoms. The van der Waals surface area contributed by atoms with Crippen LogP contribution >= 0.6 is 0 Å². The summed E-state index contributed by atoms with van der Waals surface area (Å²) in [6, 6.07) is 66.0. The summed E-state index contributed by atoms with van der Waals surface area (Å²) in [6.45, 7) is 4.66. The lowest BCUT2D eigenvalue weighted by Crippen LogP contribution is -2.16. The minimum Gasteiger partial charge on any atom is -0.456 e. The van der Waals surface area contributed by atoms with Crippen molar-refractivity contribution in [2.24, 2.45) is 0 Å². The van der Waals surface area contributed by atoms with Crippen LogP contribution in [0, 0.1) is 0 Å². The molecule has 1 aliphatic carbocycles. The molecule has 2 aromatic heterocycles. The highest BCUT2D eigenvalue weighted by molar-refractivity contribution is 6.13. The molecule has 0 N–H and O–H groups in total. The number of aromatic nitrogens is 3. The standard InChI is InChI=1S/C54H37N3O/c1-54(2)46-24-10-9-20-43(46)44-23-12-22-42(50(44)54)38-18-11-19-39(32-38)52-55-51(37-16-7-4-8-17-37)56-53(57-52)40-30-31-45-48(33-40)58-47-25-13-21-41(49(45)47)36-28-26-35(27-29-36)34-14-5-3-6-15-34/h3-33H,1-2H3. The van der Waals surface area contributed by atoms with Crippen molar-refractivity contribution in [3.05, 3.63) is 199 Å². The molecule has 10 aromatic rings. The Labute approximate surface area is 337 Å². The highest BCUT2D eigenvalue weighted by Gasteiger charge is 2.37. The maximum Gasteiger partial charge on any atom is 0.164 e. The first-order valence-electron chi connectivity index (χ1n) is 19.8. The van der Waals surface area contributed by atoms with Crippen molar-refractivity contribution in [2.45, 2.75) is 19.3 Å². The molecule has 0 unspecified atom stereocenters. The van der Waals surface area contributed by atoms with E-state index in [2.05, 4.69) is 159 Å². The number of furan rings is 1. The van der Waals surface area contributed by atoms with Gasteiger partial charge in [0.25, 0.3) is 0 Å². The van der Waals surface area contributed by atoms with Gasteiger partial charge in [0.15, 0.2) is 17.5 Å². The van der Waals surface area contributed by atoms with Gasteiger partial charge in [-0.15, -0.1) is 0 Å². The fraction of sp³-hybridized carbons (Fsp3) is 0.0556. The summed E-state index contributed by atoms with van der Waals surface area (Å²) < 4.78 is 6.57. The Morgan fingerprint density at radius 2 is 0.879 bits per heavy atom. The van der Waals surface area contributed by atoms with E-state index in [9.17, 15) is 0 Å². The van der Waals surface area contributed by atoms with Crippen molar-refractivity contribution in [1.29, 1.82) is 0 Å². The number of benzene rings is 8. The molecule has 58 heavy (non-hydrogen) atoms. The van der Waals surface area contributed by atoms with Gasteiger partial charge in [0.1, 0.15) is 11.2 Å².